The van der Waals surface area contributed by atoms with Crippen molar-refractivity contribution in [3.63, 3.8) is 0 Å². The number of hydrogen-bond donors (Lipinski definition) is 5. The van der Waals surface area contributed by atoms with Gasteiger partial charge >= 0.3 is 12.0 Å². The number of nitrogens with one attached hydrogen (secondary N) is 2. The maximum Gasteiger partial charge on any atom is 0.326 e. The molecule has 0 aromatic heterocycles. The van der Waals surface area contributed by atoms with Crippen molar-refractivity contribution < 1.29 is 19.5 Å². The molecule has 1 saturated carbocycles. The predicted molar refractivity (Wildman–Crippen MR) is 71.8 cm³/mol. The maximum atomic E-state index is 11.8. The highest BCUT2D eigenvalue weighted by molar-refractivity contribution is 5.83. The van der Waals surface area contributed by atoms with E-state index in [1.807, 2.05) is 0 Å². The van der Waals surface area contributed by atoms with Crippen molar-refractivity contribution in [1.82, 2.24) is 10.6 Å². The molecule has 1 rings (SSSR count). The Bertz CT molecular complexity index is 374. The van der Waals surface area contributed by atoms with Gasteiger partial charge in [0.05, 0.1) is 0 Å². The van der Waals surface area contributed by atoms with E-state index in [2.05, 4.69) is 10.6 Å². The number of carboxylic acids is 1. The first-order valence-corrected chi connectivity index (χ1v) is 6.74. The maximum absolute atomic E-state index is 11.8. The van der Waals surface area contributed by atoms with Gasteiger partial charge in [0.2, 0.25) is 5.91 Å². The second kappa shape index (κ2) is 7.68. The topological polar surface area (TPSA) is 148 Å². The molecule has 2 unspecified atom stereocenters. The number of nitrogens with two attached hydrogens (primary N) is 2. The van der Waals surface area contributed by atoms with Gasteiger partial charge < -0.3 is 27.2 Å². The van der Waals surface area contributed by atoms with E-state index in [4.69, 9.17) is 16.6 Å². The monoisotopic (exact) mass is 286 g/mol. The van der Waals surface area contributed by atoms with Crippen LogP contribution in [0.4, 0.5) is 4.79 Å². The number of carbonyl (C=O) groups excluding carboxylic acids is 2. The molecule has 1 fully saturated rings. The number of aliphatic carboxylic acids is 1. The van der Waals surface area contributed by atoms with E-state index >= 15 is 0 Å². The van der Waals surface area contributed by atoms with Crippen molar-refractivity contribution in [2.75, 3.05) is 0 Å². The molecule has 0 spiro atoms. The summed E-state index contributed by atoms with van der Waals surface area (Å²) in [6.45, 7) is 0. The summed E-state index contributed by atoms with van der Waals surface area (Å²) in [6, 6.07) is -1.97. The highest BCUT2D eigenvalue weighted by Gasteiger charge is 2.26. The number of primary amides is 1. The summed E-state index contributed by atoms with van der Waals surface area (Å²) in [5, 5.41) is 14.0. The lowest BCUT2D eigenvalue weighted by Crippen LogP contribution is -2.54. The van der Waals surface area contributed by atoms with Crippen LogP contribution in [-0.4, -0.2) is 41.1 Å². The van der Waals surface area contributed by atoms with E-state index < -0.39 is 23.9 Å². The van der Waals surface area contributed by atoms with Gasteiger partial charge in [-0.2, -0.15) is 0 Å². The largest absolute Gasteiger partial charge is 0.480 e. The number of amides is 3. The number of carboxylic acid groups (broad SMARTS) is 1. The first kappa shape index (κ1) is 16.2. The van der Waals surface area contributed by atoms with Crippen LogP contribution in [0.5, 0.6) is 0 Å². The van der Waals surface area contributed by atoms with Crippen molar-refractivity contribution in [2.24, 2.45) is 11.5 Å². The zero-order chi connectivity index (χ0) is 15.1. The molecular weight excluding hydrogens is 264 g/mol. The Morgan fingerprint density at radius 3 is 2.45 bits per heavy atom. The minimum atomic E-state index is -1.20. The first-order valence-electron chi connectivity index (χ1n) is 6.74. The Morgan fingerprint density at radius 1 is 1.25 bits per heavy atom. The second-order valence-corrected chi connectivity index (χ2v) is 5.07. The third-order valence-electron chi connectivity index (χ3n) is 3.42. The van der Waals surface area contributed by atoms with E-state index in [-0.39, 0.29) is 24.9 Å². The standard InChI is InChI=1S/C12H22N4O4/c13-7-3-1-2-4-8(7)15-12(20)16-9(11(18)19)5-6-10(14)17/h7-9H,1-6,13H2,(H2,14,17)(H,18,19)(H2,15,16,20)/t7?,8?,9-/m1/s1. The molecule has 0 bridgehead atoms. The van der Waals surface area contributed by atoms with Crippen LogP contribution in [0.3, 0.4) is 0 Å². The number of urea groups is 1. The van der Waals surface area contributed by atoms with E-state index in [9.17, 15) is 14.4 Å². The average Bonchev–Trinajstić information content (AvgIpc) is 2.36. The van der Waals surface area contributed by atoms with Gasteiger partial charge in [0, 0.05) is 18.5 Å². The highest BCUT2D eigenvalue weighted by atomic mass is 16.4. The molecule has 0 radical (unpaired) electrons. The third-order valence-corrected chi connectivity index (χ3v) is 3.42. The number of carbonyl (C=O) groups is 3. The van der Waals surface area contributed by atoms with E-state index in [0.717, 1.165) is 25.7 Å². The normalized spacial score (nSPS) is 23.6. The van der Waals surface area contributed by atoms with Gasteiger partial charge in [-0.05, 0) is 19.3 Å². The van der Waals surface area contributed by atoms with Gasteiger partial charge in [-0.15, -0.1) is 0 Å². The van der Waals surface area contributed by atoms with Crippen LogP contribution in [0.1, 0.15) is 38.5 Å². The zero-order valence-electron chi connectivity index (χ0n) is 11.3. The van der Waals surface area contributed by atoms with Crippen LogP contribution in [0.2, 0.25) is 0 Å². The fourth-order valence-electron chi connectivity index (χ4n) is 2.25. The van der Waals surface area contributed by atoms with Crippen LogP contribution < -0.4 is 22.1 Å². The molecule has 1 aliphatic rings. The Kier molecular flexibility index (Phi) is 6.23. The molecule has 114 valence electrons. The Hall–Kier alpha value is -1.83. The Morgan fingerprint density at radius 2 is 1.90 bits per heavy atom. The molecule has 0 aromatic rings. The van der Waals surface area contributed by atoms with Crippen molar-refractivity contribution in [2.45, 2.75) is 56.7 Å². The molecule has 3 atom stereocenters. The summed E-state index contributed by atoms with van der Waals surface area (Å²) in [6.07, 6.45) is 3.53. The molecule has 7 N–H and O–H groups in total. The zero-order valence-corrected chi connectivity index (χ0v) is 11.3. The lowest BCUT2D eigenvalue weighted by Gasteiger charge is -2.29. The minimum Gasteiger partial charge on any atom is -0.480 e. The predicted octanol–water partition coefficient (Wildman–Crippen LogP) is -0.726. The molecule has 0 aliphatic heterocycles. The molecule has 0 heterocycles. The molecular formula is C12H22N4O4. The molecule has 1 aliphatic carbocycles. The molecule has 8 heteroatoms. The average molecular weight is 286 g/mol. The molecule has 20 heavy (non-hydrogen) atoms. The van der Waals surface area contributed by atoms with Gasteiger partial charge in [0.15, 0.2) is 0 Å². The van der Waals surface area contributed by atoms with Crippen LogP contribution in [0.25, 0.3) is 0 Å². The van der Waals surface area contributed by atoms with E-state index in [0.29, 0.717) is 0 Å². The Balaban J connectivity index is 2.44. The van der Waals surface area contributed by atoms with Crippen molar-refractivity contribution in [3.8, 4) is 0 Å². The number of hydrogen-bond acceptors (Lipinski definition) is 4. The summed E-state index contributed by atoms with van der Waals surface area (Å²) < 4.78 is 0. The second-order valence-electron chi connectivity index (χ2n) is 5.07. The summed E-state index contributed by atoms with van der Waals surface area (Å²) in [7, 11) is 0. The van der Waals surface area contributed by atoms with Crippen molar-refractivity contribution >= 4 is 17.9 Å². The summed E-state index contributed by atoms with van der Waals surface area (Å²) in [5.41, 5.74) is 10.9. The SMILES string of the molecule is NC(=O)CC[C@@H](NC(=O)NC1CCCCC1N)C(=O)O. The van der Waals surface area contributed by atoms with Crippen LogP contribution >= 0.6 is 0 Å². The molecule has 0 aromatic carbocycles. The van der Waals surface area contributed by atoms with Gasteiger partial charge in [-0.1, -0.05) is 12.8 Å². The van der Waals surface area contributed by atoms with E-state index in [1.165, 1.54) is 0 Å². The molecule has 3 amide bonds. The third kappa shape index (κ3) is 5.43. The van der Waals surface area contributed by atoms with Gasteiger partial charge in [-0.25, -0.2) is 9.59 Å². The lowest BCUT2D eigenvalue weighted by molar-refractivity contribution is -0.139. The van der Waals surface area contributed by atoms with E-state index in [1.54, 1.807) is 0 Å². The summed E-state index contributed by atoms with van der Waals surface area (Å²) in [5.74, 6) is -1.80. The Labute approximate surface area is 117 Å². The summed E-state index contributed by atoms with van der Waals surface area (Å²) >= 11 is 0. The quantitative estimate of drug-likeness (QED) is 0.437. The van der Waals surface area contributed by atoms with Gasteiger partial charge in [0.25, 0.3) is 0 Å². The van der Waals surface area contributed by atoms with Crippen LogP contribution in [0.15, 0.2) is 0 Å². The van der Waals surface area contributed by atoms with Crippen LogP contribution in [0, 0.1) is 0 Å². The fourth-order valence-corrected chi connectivity index (χ4v) is 2.25. The fraction of sp³-hybridized carbons (Fsp3) is 0.750. The van der Waals surface area contributed by atoms with Gasteiger partial charge in [-0.3, -0.25) is 4.79 Å². The highest BCUT2D eigenvalue weighted by Crippen LogP contribution is 2.16. The smallest absolute Gasteiger partial charge is 0.326 e. The van der Waals surface area contributed by atoms with Gasteiger partial charge in [0.1, 0.15) is 6.04 Å². The lowest BCUT2D eigenvalue weighted by atomic mass is 9.91. The molecule has 8 nitrogen and oxygen atoms in total. The van der Waals surface area contributed by atoms with Crippen molar-refractivity contribution in [3.05, 3.63) is 0 Å². The van der Waals surface area contributed by atoms with Crippen LogP contribution in [-0.2, 0) is 9.59 Å². The number of rotatable bonds is 6. The first-order chi connectivity index (χ1) is 9.40. The summed E-state index contributed by atoms with van der Waals surface area (Å²) in [4.78, 5) is 33.4. The minimum absolute atomic E-state index is 0.0329. The van der Waals surface area contributed by atoms with Crippen molar-refractivity contribution in [1.29, 1.82) is 0 Å². The molecule has 0 saturated heterocycles.